The number of rotatable bonds is 6. The van der Waals surface area contributed by atoms with Crippen LogP contribution in [0.4, 0.5) is 5.69 Å². The second-order valence-electron chi connectivity index (χ2n) is 9.11. The summed E-state index contributed by atoms with van der Waals surface area (Å²) in [6.45, 7) is 7.26. The van der Waals surface area contributed by atoms with Crippen molar-refractivity contribution >= 4 is 29.3 Å². The van der Waals surface area contributed by atoms with Crippen LogP contribution in [0, 0.1) is 5.92 Å². The number of carbonyl (C=O) groups excluding carboxylic acids is 2. The van der Waals surface area contributed by atoms with Crippen molar-refractivity contribution in [3.63, 3.8) is 0 Å². The first-order valence-corrected chi connectivity index (χ1v) is 13.0. The predicted octanol–water partition coefficient (Wildman–Crippen LogP) is 3.01. The molecular weight excluding hydrogens is 408 g/mol. The fraction of sp³-hybridized carbons (Fsp3) is 0.667. The average Bonchev–Trinajstić information content (AvgIpc) is 2.81. The van der Waals surface area contributed by atoms with E-state index in [9.17, 15) is 9.59 Å². The highest BCUT2D eigenvalue weighted by Gasteiger charge is 2.23. The maximum atomic E-state index is 12.7. The van der Waals surface area contributed by atoms with Crippen molar-refractivity contribution < 1.29 is 9.59 Å². The quantitative estimate of drug-likeness (QED) is 0.731. The molecule has 3 aliphatic rings. The molecule has 170 valence electrons. The molecule has 2 aliphatic heterocycles. The summed E-state index contributed by atoms with van der Waals surface area (Å²) in [5.74, 6) is 2.93. The van der Waals surface area contributed by atoms with Crippen molar-refractivity contribution in [1.29, 1.82) is 0 Å². The number of anilines is 1. The Morgan fingerprint density at radius 1 is 0.935 bits per heavy atom. The monoisotopic (exact) mass is 444 g/mol. The third-order valence-electron chi connectivity index (χ3n) is 6.76. The Hall–Kier alpha value is -1.57. The summed E-state index contributed by atoms with van der Waals surface area (Å²) in [6.07, 6.45) is 6.99. The van der Waals surface area contributed by atoms with Gasteiger partial charge in [-0.25, -0.2) is 0 Å². The first-order chi connectivity index (χ1) is 15.2. The van der Waals surface area contributed by atoms with Crippen LogP contribution in [-0.4, -0.2) is 90.4 Å². The van der Waals surface area contributed by atoms with Gasteiger partial charge in [0.1, 0.15) is 0 Å². The van der Waals surface area contributed by atoms with Gasteiger partial charge in [0.15, 0.2) is 0 Å². The molecule has 1 aromatic rings. The van der Waals surface area contributed by atoms with E-state index in [1.165, 1.54) is 38.6 Å². The van der Waals surface area contributed by atoms with Crippen LogP contribution in [0.2, 0.25) is 0 Å². The van der Waals surface area contributed by atoms with Crippen LogP contribution in [0.1, 0.15) is 42.5 Å². The van der Waals surface area contributed by atoms with Crippen LogP contribution in [0.15, 0.2) is 24.3 Å². The number of nitrogens with one attached hydrogen (secondary N) is 1. The number of carbonyl (C=O) groups is 2. The molecule has 31 heavy (non-hydrogen) atoms. The summed E-state index contributed by atoms with van der Waals surface area (Å²) in [4.78, 5) is 32.0. The number of thioether (sulfide) groups is 1. The summed E-state index contributed by atoms with van der Waals surface area (Å²) >= 11 is 1.89. The number of amides is 2. The minimum atomic E-state index is -0.000276. The van der Waals surface area contributed by atoms with Gasteiger partial charge in [-0.05, 0) is 37.0 Å². The molecule has 4 rings (SSSR count). The van der Waals surface area contributed by atoms with E-state index in [0.29, 0.717) is 17.8 Å². The summed E-state index contributed by atoms with van der Waals surface area (Å²) in [6, 6.07) is 7.36. The van der Waals surface area contributed by atoms with Gasteiger partial charge in [0.25, 0.3) is 5.91 Å². The Morgan fingerprint density at radius 3 is 2.39 bits per heavy atom. The largest absolute Gasteiger partial charge is 0.337 e. The number of hydrogen-bond acceptors (Lipinski definition) is 5. The van der Waals surface area contributed by atoms with Gasteiger partial charge in [0.2, 0.25) is 5.91 Å². The second-order valence-corrected chi connectivity index (χ2v) is 10.3. The molecule has 0 aromatic heterocycles. The van der Waals surface area contributed by atoms with Crippen molar-refractivity contribution in [3.8, 4) is 0 Å². The summed E-state index contributed by atoms with van der Waals surface area (Å²) in [5.41, 5.74) is 1.36. The maximum Gasteiger partial charge on any atom is 0.253 e. The molecule has 1 aliphatic carbocycles. The first kappa shape index (κ1) is 22.6. The zero-order valence-corrected chi connectivity index (χ0v) is 19.4. The van der Waals surface area contributed by atoms with E-state index in [0.717, 1.165) is 56.7 Å². The molecule has 7 heteroatoms. The predicted molar refractivity (Wildman–Crippen MR) is 128 cm³/mol. The number of piperazine rings is 1. The number of nitrogens with zero attached hydrogens (tertiary/aromatic N) is 3. The van der Waals surface area contributed by atoms with E-state index < -0.39 is 0 Å². The smallest absolute Gasteiger partial charge is 0.253 e. The van der Waals surface area contributed by atoms with Crippen molar-refractivity contribution in [2.24, 2.45) is 5.92 Å². The molecule has 1 N–H and O–H groups in total. The van der Waals surface area contributed by atoms with Gasteiger partial charge in [0.05, 0.1) is 6.54 Å². The van der Waals surface area contributed by atoms with E-state index >= 15 is 0 Å². The normalized spacial score (nSPS) is 21.7. The van der Waals surface area contributed by atoms with E-state index in [1.54, 1.807) is 0 Å². The molecular formula is C24H36N4O2S. The molecule has 0 radical (unpaired) electrons. The topological polar surface area (TPSA) is 55.9 Å². The van der Waals surface area contributed by atoms with Gasteiger partial charge in [-0.1, -0.05) is 25.3 Å². The average molecular weight is 445 g/mol. The highest BCUT2D eigenvalue weighted by Crippen LogP contribution is 2.24. The molecule has 1 aromatic carbocycles. The zero-order valence-electron chi connectivity index (χ0n) is 18.6. The highest BCUT2D eigenvalue weighted by molar-refractivity contribution is 7.99. The third kappa shape index (κ3) is 6.70. The number of benzene rings is 1. The van der Waals surface area contributed by atoms with Gasteiger partial charge in [0, 0.05) is 68.6 Å². The molecule has 3 fully saturated rings. The van der Waals surface area contributed by atoms with Crippen LogP contribution >= 0.6 is 11.8 Å². The van der Waals surface area contributed by atoms with Gasteiger partial charge in [-0.15, -0.1) is 0 Å². The number of hydrogen-bond donors (Lipinski definition) is 1. The molecule has 2 heterocycles. The lowest BCUT2D eigenvalue weighted by molar-refractivity contribution is -0.117. The Kier molecular flexibility index (Phi) is 8.27. The molecule has 2 saturated heterocycles. The first-order valence-electron chi connectivity index (χ1n) is 11.9. The lowest BCUT2D eigenvalue weighted by atomic mass is 9.89. The van der Waals surface area contributed by atoms with Crippen LogP contribution in [0.3, 0.4) is 0 Å². The van der Waals surface area contributed by atoms with Crippen LogP contribution in [0.5, 0.6) is 0 Å². The lowest BCUT2D eigenvalue weighted by Gasteiger charge is -2.37. The lowest BCUT2D eigenvalue weighted by Crippen LogP contribution is -2.49. The fourth-order valence-corrected chi connectivity index (χ4v) is 5.85. The molecule has 0 unspecified atom stereocenters. The summed E-state index contributed by atoms with van der Waals surface area (Å²) < 4.78 is 0. The molecule has 0 atom stereocenters. The van der Waals surface area contributed by atoms with E-state index in [2.05, 4.69) is 15.1 Å². The molecule has 0 bridgehead atoms. The van der Waals surface area contributed by atoms with Crippen molar-refractivity contribution in [1.82, 2.24) is 14.7 Å². The van der Waals surface area contributed by atoms with Gasteiger partial charge in [-0.2, -0.15) is 11.8 Å². The Morgan fingerprint density at radius 2 is 1.65 bits per heavy atom. The SMILES string of the molecule is O=C(CN1CCN(CC2CCCCC2)CC1)Nc1cccc(C(=O)N2CCSCC2)c1. The molecule has 1 saturated carbocycles. The van der Waals surface area contributed by atoms with E-state index in [4.69, 9.17) is 0 Å². The van der Waals surface area contributed by atoms with Gasteiger partial charge in [-0.3, -0.25) is 14.5 Å². The Bertz CT molecular complexity index is 739. The Balaban J connectivity index is 1.21. The van der Waals surface area contributed by atoms with Gasteiger partial charge >= 0.3 is 0 Å². The maximum absolute atomic E-state index is 12.7. The highest BCUT2D eigenvalue weighted by atomic mass is 32.2. The van der Waals surface area contributed by atoms with Gasteiger partial charge < -0.3 is 15.1 Å². The molecule has 0 spiro atoms. The van der Waals surface area contributed by atoms with Crippen LogP contribution in [0.25, 0.3) is 0 Å². The van der Waals surface area contributed by atoms with E-state index in [-0.39, 0.29) is 11.8 Å². The van der Waals surface area contributed by atoms with Crippen molar-refractivity contribution in [2.45, 2.75) is 32.1 Å². The third-order valence-corrected chi connectivity index (χ3v) is 7.71. The molecule has 6 nitrogen and oxygen atoms in total. The van der Waals surface area contributed by atoms with Crippen LogP contribution < -0.4 is 5.32 Å². The second kappa shape index (κ2) is 11.3. The zero-order chi connectivity index (χ0) is 21.5. The molecule has 2 amide bonds. The minimum Gasteiger partial charge on any atom is -0.337 e. The minimum absolute atomic E-state index is 0.000276. The summed E-state index contributed by atoms with van der Waals surface area (Å²) in [7, 11) is 0. The van der Waals surface area contributed by atoms with Crippen molar-refractivity contribution in [2.75, 3.05) is 69.2 Å². The van der Waals surface area contributed by atoms with Crippen LogP contribution in [-0.2, 0) is 4.79 Å². The van der Waals surface area contributed by atoms with Crippen molar-refractivity contribution in [3.05, 3.63) is 29.8 Å². The Labute approximate surface area is 190 Å². The standard InChI is InChI=1S/C24H36N4O2S/c29-23(19-27-11-9-26(10-12-27)18-20-5-2-1-3-6-20)25-22-8-4-7-21(17-22)24(30)28-13-15-31-16-14-28/h4,7-8,17,20H,1-3,5-6,9-16,18-19H2,(H,25,29). The van der Waals surface area contributed by atoms with E-state index in [1.807, 2.05) is 40.9 Å². The fourth-order valence-electron chi connectivity index (χ4n) is 4.95. The summed E-state index contributed by atoms with van der Waals surface area (Å²) in [5, 5.41) is 3.00.